The zero-order chi connectivity index (χ0) is 27.9. The molecule has 0 radical (unpaired) electrons. The molecule has 204 valence electrons. The molecule has 2 atom stereocenters. The van der Waals surface area contributed by atoms with Crippen molar-refractivity contribution in [1.82, 2.24) is 10.2 Å². The summed E-state index contributed by atoms with van der Waals surface area (Å²) in [5.74, 6) is -0.574. The van der Waals surface area contributed by atoms with Gasteiger partial charge in [0.15, 0.2) is 0 Å². The normalized spacial score (nSPS) is 13.1. The number of carbonyl (C=O) groups is 2. The second-order valence-corrected chi connectivity index (χ2v) is 12.1. The van der Waals surface area contributed by atoms with Crippen LogP contribution in [-0.2, 0) is 26.2 Å². The Bertz CT molecular complexity index is 1200. The molecular formula is C27H37Cl2N3O4S. The van der Waals surface area contributed by atoms with E-state index in [-0.39, 0.29) is 43.8 Å². The minimum Gasteiger partial charge on any atom is -0.352 e. The number of amides is 2. The second kappa shape index (κ2) is 13.5. The Hall–Kier alpha value is -2.29. The van der Waals surface area contributed by atoms with E-state index >= 15 is 0 Å². The van der Waals surface area contributed by atoms with Gasteiger partial charge in [0.05, 0.1) is 11.9 Å². The fourth-order valence-electron chi connectivity index (χ4n) is 3.79. The van der Waals surface area contributed by atoms with Gasteiger partial charge >= 0.3 is 0 Å². The molecule has 0 aliphatic heterocycles. The van der Waals surface area contributed by atoms with Gasteiger partial charge in [-0.1, -0.05) is 42.3 Å². The molecule has 0 bridgehead atoms. The van der Waals surface area contributed by atoms with E-state index in [1.807, 2.05) is 39.8 Å². The Morgan fingerprint density at radius 2 is 1.65 bits per heavy atom. The first-order valence-electron chi connectivity index (χ1n) is 12.3. The molecule has 2 aromatic rings. The molecule has 7 nitrogen and oxygen atoms in total. The SMILES string of the molecule is CC[C@H](C)NC(=O)[C@H](C)N(Cc1c(Cl)cccc1Cl)C(=O)CCCN(c1ccc(C)c(C)c1)S(C)(=O)=O. The van der Waals surface area contributed by atoms with Crippen LogP contribution in [0.3, 0.4) is 0 Å². The van der Waals surface area contributed by atoms with E-state index < -0.39 is 16.1 Å². The maximum atomic E-state index is 13.4. The predicted molar refractivity (Wildman–Crippen MR) is 152 cm³/mol. The Morgan fingerprint density at radius 3 is 2.19 bits per heavy atom. The summed E-state index contributed by atoms with van der Waals surface area (Å²) >= 11 is 12.7. The Kier molecular flexibility index (Phi) is 11.3. The van der Waals surface area contributed by atoms with Gasteiger partial charge < -0.3 is 10.2 Å². The molecule has 0 aromatic heterocycles. The molecule has 2 rings (SSSR count). The van der Waals surface area contributed by atoms with Crippen LogP contribution in [0.2, 0.25) is 10.0 Å². The van der Waals surface area contributed by atoms with Gasteiger partial charge in [-0.15, -0.1) is 0 Å². The third-order valence-electron chi connectivity index (χ3n) is 6.49. The van der Waals surface area contributed by atoms with Gasteiger partial charge in [0.1, 0.15) is 6.04 Å². The van der Waals surface area contributed by atoms with Gasteiger partial charge in [-0.25, -0.2) is 8.42 Å². The van der Waals surface area contributed by atoms with Gasteiger partial charge in [0, 0.05) is 41.2 Å². The monoisotopic (exact) mass is 569 g/mol. The van der Waals surface area contributed by atoms with E-state index in [0.717, 1.165) is 23.8 Å². The van der Waals surface area contributed by atoms with E-state index in [1.54, 1.807) is 31.2 Å². The van der Waals surface area contributed by atoms with Crippen molar-refractivity contribution < 1.29 is 18.0 Å². The second-order valence-electron chi connectivity index (χ2n) is 9.42. The van der Waals surface area contributed by atoms with Crippen LogP contribution >= 0.6 is 23.2 Å². The molecule has 0 unspecified atom stereocenters. The Balaban J connectivity index is 2.25. The summed E-state index contributed by atoms with van der Waals surface area (Å²) < 4.78 is 26.4. The molecular weight excluding hydrogens is 533 g/mol. The average molecular weight is 571 g/mol. The quantitative estimate of drug-likeness (QED) is 0.366. The van der Waals surface area contributed by atoms with Gasteiger partial charge in [-0.3, -0.25) is 13.9 Å². The highest BCUT2D eigenvalue weighted by Gasteiger charge is 2.28. The average Bonchev–Trinajstić information content (AvgIpc) is 2.82. The molecule has 0 saturated heterocycles. The molecule has 10 heteroatoms. The molecule has 0 heterocycles. The van der Waals surface area contributed by atoms with Crippen LogP contribution < -0.4 is 9.62 Å². The van der Waals surface area contributed by atoms with Gasteiger partial charge in [0.2, 0.25) is 21.8 Å². The summed E-state index contributed by atoms with van der Waals surface area (Å²) in [4.78, 5) is 27.8. The summed E-state index contributed by atoms with van der Waals surface area (Å²) in [6.07, 6.45) is 2.21. The lowest BCUT2D eigenvalue weighted by Crippen LogP contribution is -2.49. The van der Waals surface area contributed by atoms with Crippen molar-refractivity contribution in [1.29, 1.82) is 0 Å². The van der Waals surface area contributed by atoms with E-state index in [0.29, 0.717) is 21.3 Å². The number of halogens is 2. The van der Waals surface area contributed by atoms with Crippen molar-refractivity contribution in [2.75, 3.05) is 17.1 Å². The topological polar surface area (TPSA) is 86.8 Å². The number of carbonyl (C=O) groups excluding carboxylic acids is 2. The van der Waals surface area contributed by atoms with Crippen molar-refractivity contribution in [3.63, 3.8) is 0 Å². The highest BCUT2D eigenvalue weighted by atomic mass is 35.5. The summed E-state index contributed by atoms with van der Waals surface area (Å²) in [6.45, 7) is 9.59. The van der Waals surface area contributed by atoms with Crippen LogP contribution in [0.4, 0.5) is 5.69 Å². The smallest absolute Gasteiger partial charge is 0.242 e. The minimum atomic E-state index is -3.56. The molecule has 0 aliphatic carbocycles. The number of anilines is 1. The maximum absolute atomic E-state index is 13.4. The highest BCUT2D eigenvalue weighted by molar-refractivity contribution is 7.92. The van der Waals surface area contributed by atoms with E-state index in [2.05, 4.69) is 5.32 Å². The first-order valence-corrected chi connectivity index (χ1v) is 14.9. The van der Waals surface area contributed by atoms with Gasteiger partial charge in [0.25, 0.3) is 0 Å². The fraction of sp³-hybridized carbons (Fsp3) is 0.481. The summed E-state index contributed by atoms with van der Waals surface area (Å²) in [7, 11) is -3.56. The van der Waals surface area contributed by atoms with E-state index in [4.69, 9.17) is 23.2 Å². The van der Waals surface area contributed by atoms with Crippen molar-refractivity contribution in [3.8, 4) is 0 Å². The number of benzene rings is 2. The summed E-state index contributed by atoms with van der Waals surface area (Å²) in [5, 5.41) is 3.72. The molecule has 0 aliphatic rings. The van der Waals surface area contributed by atoms with Crippen LogP contribution in [-0.4, -0.2) is 50.0 Å². The zero-order valence-electron chi connectivity index (χ0n) is 22.3. The van der Waals surface area contributed by atoms with Gasteiger partial charge in [-0.05, 0) is 75.9 Å². The molecule has 1 N–H and O–H groups in total. The first kappa shape index (κ1) is 30.9. The van der Waals surface area contributed by atoms with Crippen LogP contribution in [0, 0.1) is 13.8 Å². The van der Waals surface area contributed by atoms with E-state index in [1.165, 1.54) is 9.21 Å². The highest BCUT2D eigenvalue weighted by Crippen LogP contribution is 2.27. The van der Waals surface area contributed by atoms with Crippen LogP contribution in [0.1, 0.15) is 56.7 Å². The molecule has 0 saturated carbocycles. The summed E-state index contributed by atoms with van der Waals surface area (Å²) in [6, 6.07) is 9.72. The third kappa shape index (κ3) is 8.62. The summed E-state index contributed by atoms with van der Waals surface area (Å²) in [5.41, 5.74) is 3.14. The number of hydrogen-bond donors (Lipinski definition) is 1. The molecule has 0 spiro atoms. The fourth-order valence-corrected chi connectivity index (χ4v) is 5.26. The van der Waals surface area contributed by atoms with Crippen molar-refractivity contribution in [2.24, 2.45) is 0 Å². The minimum absolute atomic E-state index is 0.0416. The third-order valence-corrected chi connectivity index (χ3v) is 8.39. The van der Waals surface area contributed by atoms with Crippen molar-refractivity contribution in [3.05, 3.63) is 63.1 Å². The number of aryl methyl sites for hydroxylation is 2. The van der Waals surface area contributed by atoms with Crippen molar-refractivity contribution in [2.45, 2.75) is 72.5 Å². The lowest BCUT2D eigenvalue weighted by atomic mass is 10.1. The molecule has 2 amide bonds. The van der Waals surface area contributed by atoms with Crippen LogP contribution in [0.15, 0.2) is 36.4 Å². The van der Waals surface area contributed by atoms with Gasteiger partial charge in [-0.2, -0.15) is 0 Å². The van der Waals surface area contributed by atoms with Crippen molar-refractivity contribution >= 4 is 50.7 Å². The predicted octanol–water partition coefficient (Wildman–Crippen LogP) is 5.49. The standard InChI is InChI=1S/C27H37Cl2N3O4S/c1-7-20(4)30-27(34)21(5)31(17-23-24(28)10-8-11-25(23)29)26(33)12-9-15-32(37(6,35)36)22-14-13-18(2)19(3)16-22/h8,10-11,13-14,16,20-21H,7,9,12,15,17H2,1-6H3,(H,30,34)/t20-,21-/m0/s1. The zero-order valence-corrected chi connectivity index (χ0v) is 24.7. The van der Waals surface area contributed by atoms with Crippen LogP contribution in [0.25, 0.3) is 0 Å². The molecule has 37 heavy (non-hydrogen) atoms. The largest absolute Gasteiger partial charge is 0.352 e. The number of nitrogens with one attached hydrogen (secondary N) is 1. The Morgan fingerprint density at radius 1 is 1.03 bits per heavy atom. The lowest BCUT2D eigenvalue weighted by Gasteiger charge is -2.30. The number of hydrogen-bond acceptors (Lipinski definition) is 4. The van der Waals surface area contributed by atoms with E-state index in [9.17, 15) is 18.0 Å². The Labute approximate surface area is 231 Å². The molecule has 2 aromatic carbocycles. The van der Waals surface area contributed by atoms with Crippen LogP contribution in [0.5, 0.6) is 0 Å². The molecule has 0 fully saturated rings. The maximum Gasteiger partial charge on any atom is 0.242 e. The number of nitrogens with zero attached hydrogens (tertiary/aromatic N) is 2. The lowest BCUT2D eigenvalue weighted by molar-refractivity contribution is -0.140. The first-order chi connectivity index (χ1) is 17.3. The number of rotatable bonds is 12. The number of sulfonamides is 1.